The first kappa shape index (κ1) is 22.0. The summed E-state index contributed by atoms with van der Waals surface area (Å²) in [6, 6.07) is 10.8. The van der Waals surface area contributed by atoms with Gasteiger partial charge >= 0.3 is 0 Å². The molecule has 0 aliphatic carbocycles. The molecule has 1 atom stereocenters. The molecule has 4 rings (SSSR count). The minimum Gasteiger partial charge on any atom is -0.381 e. The van der Waals surface area contributed by atoms with Gasteiger partial charge in [0.15, 0.2) is 5.76 Å². The fraction of sp³-hybridized carbons (Fsp3) is 0.600. The number of likely N-dealkylation sites (N-methyl/N-ethyl adjacent to an activating group) is 1. The van der Waals surface area contributed by atoms with E-state index in [0.717, 1.165) is 37.9 Å². The maximum absolute atomic E-state index is 13.4. The van der Waals surface area contributed by atoms with Gasteiger partial charge in [0.1, 0.15) is 0 Å². The number of carbonyl (C=O) groups is 1. The molecule has 2 aromatic rings. The molecule has 2 aliphatic rings. The van der Waals surface area contributed by atoms with E-state index in [4.69, 9.17) is 9.26 Å². The summed E-state index contributed by atoms with van der Waals surface area (Å²) in [7, 11) is 2.20. The van der Waals surface area contributed by atoms with Crippen LogP contribution in [-0.2, 0) is 28.9 Å². The van der Waals surface area contributed by atoms with Crippen LogP contribution in [0.4, 0.5) is 0 Å². The van der Waals surface area contributed by atoms with Crippen molar-refractivity contribution in [1.29, 1.82) is 0 Å². The Morgan fingerprint density at radius 2 is 2.13 bits per heavy atom. The molecule has 3 heterocycles. The maximum Gasteiger partial charge on any atom is 0.227 e. The molecule has 2 aliphatic heterocycles. The number of rotatable bonds is 7. The Hall–Kier alpha value is -2.18. The fourth-order valence-corrected chi connectivity index (χ4v) is 4.99. The summed E-state index contributed by atoms with van der Waals surface area (Å²) in [5.41, 5.74) is 3.12. The van der Waals surface area contributed by atoms with Crippen molar-refractivity contribution >= 4 is 5.91 Å². The number of carbonyl (C=O) groups excluding carboxylic acids is 1. The van der Waals surface area contributed by atoms with Crippen molar-refractivity contribution in [1.82, 2.24) is 15.4 Å². The molecule has 6 heteroatoms. The van der Waals surface area contributed by atoms with Crippen molar-refractivity contribution in [3.63, 3.8) is 0 Å². The van der Waals surface area contributed by atoms with E-state index in [2.05, 4.69) is 46.7 Å². The zero-order valence-electron chi connectivity index (χ0n) is 18.9. The lowest BCUT2D eigenvalue weighted by atomic mass is 9.74. The smallest absolute Gasteiger partial charge is 0.227 e. The van der Waals surface area contributed by atoms with Gasteiger partial charge in [0.05, 0.1) is 17.7 Å². The predicted molar refractivity (Wildman–Crippen MR) is 120 cm³/mol. The zero-order valence-corrected chi connectivity index (χ0v) is 18.9. The van der Waals surface area contributed by atoms with Gasteiger partial charge in [-0.25, -0.2) is 0 Å². The van der Waals surface area contributed by atoms with E-state index < -0.39 is 5.41 Å². The van der Waals surface area contributed by atoms with E-state index in [9.17, 15) is 4.79 Å². The molecule has 0 spiro atoms. The van der Waals surface area contributed by atoms with Crippen LogP contribution in [0.1, 0.15) is 61.1 Å². The number of nitrogens with one attached hydrogen (secondary N) is 1. The normalized spacial score (nSPS) is 21.7. The first-order valence-corrected chi connectivity index (χ1v) is 11.7. The lowest BCUT2D eigenvalue weighted by Gasteiger charge is -2.36. The Morgan fingerprint density at radius 3 is 2.87 bits per heavy atom. The highest BCUT2D eigenvalue weighted by Gasteiger charge is 2.40. The summed E-state index contributed by atoms with van der Waals surface area (Å²) >= 11 is 0. The summed E-state index contributed by atoms with van der Waals surface area (Å²) in [4.78, 5) is 15.8. The number of ether oxygens (including phenoxy) is 1. The van der Waals surface area contributed by atoms with Crippen LogP contribution >= 0.6 is 0 Å². The molecule has 0 saturated carbocycles. The zero-order chi connectivity index (χ0) is 21.7. The van der Waals surface area contributed by atoms with Crippen molar-refractivity contribution in [2.75, 3.05) is 33.4 Å². The van der Waals surface area contributed by atoms with Gasteiger partial charge in [-0.05, 0) is 69.2 Å². The van der Waals surface area contributed by atoms with Crippen molar-refractivity contribution < 1.29 is 14.1 Å². The molecule has 1 N–H and O–H groups in total. The van der Waals surface area contributed by atoms with Gasteiger partial charge in [-0.3, -0.25) is 4.79 Å². The summed E-state index contributed by atoms with van der Waals surface area (Å²) in [6.45, 7) is 5.97. The molecule has 0 bridgehead atoms. The van der Waals surface area contributed by atoms with Gasteiger partial charge in [0.2, 0.25) is 5.91 Å². The lowest BCUT2D eigenvalue weighted by molar-refractivity contribution is -0.137. The van der Waals surface area contributed by atoms with E-state index in [1.165, 1.54) is 30.5 Å². The first-order chi connectivity index (χ1) is 15.1. The molecule has 1 aromatic heterocycles. The lowest BCUT2D eigenvalue weighted by Crippen LogP contribution is -2.45. The summed E-state index contributed by atoms with van der Waals surface area (Å²) in [6.07, 6.45) is 5.54. The highest BCUT2D eigenvalue weighted by atomic mass is 16.5. The van der Waals surface area contributed by atoms with Gasteiger partial charge in [0.25, 0.3) is 0 Å². The molecule has 2 fully saturated rings. The number of amides is 1. The minimum atomic E-state index is -0.437. The maximum atomic E-state index is 13.4. The summed E-state index contributed by atoms with van der Waals surface area (Å²) < 4.78 is 11.0. The van der Waals surface area contributed by atoms with Crippen molar-refractivity contribution in [2.45, 2.75) is 57.9 Å². The van der Waals surface area contributed by atoms with E-state index in [1.54, 1.807) is 0 Å². The second-order valence-corrected chi connectivity index (χ2v) is 9.24. The molecule has 6 nitrogen and oxygen atoms in total. The van der Waals surface area contributed by atoms with Crippen LogP contribution in [0.25, 0.3) is 0 Å². The van der Waals surface area contributed by atoms with Crippen molar-refractivity contribution in [2.24, 2.45) is 5.41 Å². The Balaban J connectivity index is 1.47. The topological polar surface area (TPSA) is 67.6 Å². The van der Waals surface area contributed by atoms with Gasteiger partial charge < -0.3 is 19.5 Å². The fourth-order valence-electron chi connectivity index (χ4n) is 4.99. The second-order valence-electron chi connectivity index (χ2n) is 9.24. The number of benzene rings is 1. The number of nitrogens with zero attached hydrogens (tertiary/aromatic N) is 2. The van der Waals surface area contributed by atoms with Gasteiger partial charge in [-0.2, -0.15) is 0 Å². The number of aryl methyl sites for hydroxylation is 1. The van der Waals surface area contributed by atoms with E-state index in [-0.39, 0.29) is 5.91 Å². The van der Waals surface area contributed by atoms with Crippen molar-refractivity contribution in [3.05, 3.63) is 52.9 Å². The van der Waals surface area contributed by atoms with Gasteiger partial charge in [0, 0.05) is 25.8 Å². The van der Waals surface area contributed by atoms with E-state index >= 15 is 0 Å². The number of aromatic nitrogens is 1. The Kier molecular flexibility index (Phi) is 7.08. The number of likely N-dealkylation sites (tertiary alicyclic amines) is 1. The van der Waals surface area contributed by atoms with Crippen LogP contribution in [0.3, 0.4) is 0 Å². The minimum absolute atomic E-state index is 0.0908. The molecular weight excluding hydrogens is 390 g/mol. The molecule has 1 aromatic carbocycles. The highest BCUT2D eigenvalue weighted by molar-refractivity contribution is 5.83. The largest absolute Gasteiger partial charge is 0.381 e. The molecule has 31 heavy (non-hydrogen) atoms. The average Bonchev–Trinajstić information content (AvgIpc) is 3.26. The second kappa shape index (κ2) is 9.96. The number of hydrogen-bond acceptors (Lipinski definition) is 5. The van der Waals surface area contributed by atoms with E-state index in [1.807, 2.05) is 13.0 Å². The predicted octanol–water partition coefficient (Wildman–Crippen LogP) is 3.70. The average molecular weight is 426 g/mol. The number of piperidine rings is 1. The van der Waals surface area contributed by atoms with E-state index in [0.29, 0.717) is 31.4 Å². The Bertz CT molecular complexity index is 872. The Morgan fingerprint density at radius 1 is 1.29 bits per heavy atom. The number of hydrogen-bond donors (Lipinski definition) is 1. The monoisotopic (exact) mass is 425 g/mol. The molecule has 1 unspecified atom stereocenters. The summed E-state index contributed by atoms with van der Waals surface area (Å²) in [5, 5.41) is 7.14. The van der Waals surface area contributed by atoms with Gasteiger partial charge in [-0.1, -0.05) is 36.3 Å². The molecule has 0 radical (unpaired) electrons. The van der Waals surface area contributed by atoms with Crippen LogP contribution in [0.2, 0.25) is 0 Å². The third-order valence-corrected chi connectivity index (χ3v) is 6.91. The highest BCUT2D eigenvalue weighted by Crippen LogP contribution is 2.36. The van der Waals surface area contributed by atoms with Crippen LogP contribution in [0, 0.1) is 5.41 Å². The van der Waals surface area contributed by atoms with Crippen LogP contribution in [-0.4, -0.2) is 49.3 Å². The quantitative estimate of drug-likeness (QED) is 0.733. The molecular formula is C25H35N3O3. The van der Waals surface area contributed by atoms with Gasteiger partial charge in [-0.15, -0.1) is 0 Å². The molecule has 1 amide bonds. The van der Waals surface area contributed by atoms with Crippen LogP contribution in [0.5, 0.6) is 0 Å². The SMILES string of the molecule is CCc1cc(CNC(=O)C2(Cc3cccc(C4CCCN(C)C4)c3)CCOCC2)on1. The Labute approximate surface area is 185 Å². The standard InChI is InChI=1S/C25H35N3O3/c1-3-22-15-23(31-27-22)17-26-24(29)25(9-12-30-13-10-25)16-19-6-4-7-20(14-19)21-8-5-11-28(2)18-21/h4,6-7,14-15,21H,3,5,8-13,16-18H2,1-2H3,(H,26,29). The van der Waals surface area contributed by atoms with Crippen LogP contribution in [0.15, 0.2) is 34.9 Å². The summed E-state index contributed by atoms with van der Waals surface area (Å²) in [5.74, 6) is 1.38. The molecule has 2 saturated heterocycles. The van der Waals surface area contributed by atoms with Crippen LogP contribution < -0.4 is 5.32 Å². The van der Waals surface area contributed by atoms with Crippen molar-refractivity contribution in [3.8, 4) is 0 Å². The first-order valence-electron chi connectivity index (χ1n) is 11.7. The molecule has 168 valence electrons. The third-order valence-electron chi connectivity index (χ3n) is 6.91. The third kappa shape index (κ3) is 5.36.